The lowest BCUT2D eigenvalue weighted by atomic mass is 9.97. The summed E-state index contributed by atoms with van der Waals surface area (Å²) in [6, 6.07) is 70.8. The summed E-state index contributed by atoms with van der Waals surface area (Å²) in [6.07, 6.45) is 0. The standard InChI is InChI=1S/C53H33N3S/c1-3-13-34(14-4-1)38-19-11-21-42(29-38)47-33-46(55-53(56-47)37-15-5-2-6-16-37)36-27-25-35(26-28-36)39-20-12-22-43(30-39)51-52-50(44-23-9-10-24-49(44)57-52)45-31-40-17-7-8-18-41(40)32-48(45)54-51/h1-33H. The van der Waals surface area contributed by atoms with Gasteiger partial charge in [-0.2, -0.15) is 0 Å². The Kier molecular flexibility index (Phi) is 8.01. The zero-order chi connectivity index (χ0) is 37.7. The average Bonchev–Trinajstić information content (AvgIpc) is 3.69. The van der Waals surface area contributed by atoms with E-state index in [0.717, 1.165) is 61.5 Å². The Balaban J connectivity index is 0.996. The van der Waals surface area contributed by atoms with Crippen molar-refractivity contribution in [3.05, 3.63) is 200 Å². The zero-order valence-corrected chi connectivity index (χ0v) is 31.6. The van der Waals surface area contributed by atoms with Crippen molar-refractivity contribution in [1.29, 1.82) is 0 Å². The van der Waals surface area contributed by atoms with Crippen molar-refractivity contribution in [1.82, 2.24) is 15.0 Å². The highest BCUT2D eigenvalue weighted by molar-refractivity contribution is 7.26. The Morgan fingerprint density at radius 3 is 1.63 bits per heavy atom. The third-order valence-corrected chi connectivity index (χ3v) is 12.0. The molecular formula is C53H33N3S. The number of rotatable bonds is 6. The summed E-state index contributed by atoms with van der Waals surface area (Å²) in [4.78, 5) is 15.6. The highest BCUT2D eigenvalue weighted by atomic mass is 32.1. The van der Waals surface area contributed by atoms with Crippen LogP contribution in [-0.4, -0.2) is 15.0 Å². The van der Waals surface area contributed by atoms with Gasteiger partial charge >= 0.3 is 0 Å². The predicted octanol–water partition coefficient (Wildman–Crippen LogP) is 14.5. The molecule has 266 valence electrons. The monoisotopic (exact) mass is 743 g/mol. The van der Waals surface area contributed by atoms with E-state index in [1.807, 2.05) is 35.6 Å². The van der Waals surface area contributed by atoms with Gasteiger partial charge in [-0.3, -0.25) is 0 Å². The van der Waals surface area contributed by atoms with Crippen molar-refractivity contribution in [2.75, 3.05) is 0 Å². The molecule has 0 aliphatic rings. The van der Waals surface area contributed by atoms with E-state index < -0.39 is 0 Å². The van der Waals surface area contributed by atoms with Gasteiger partial charge in [-0.15, -0.1) is 11.3 Å². The van der Waals surface area contributed by atoms with Crippen LogP contribution in [0.25, 0.3) is 109 Å². The van der Waals surface area contributed by atoms with Gasteiger partial charge in [0.15, 0.2) is 5.82 Å². The first-order valence-electron chi connectivity index (χ1n) is 19.2. The summed E-state index contributed by atoms with van der Waals surface area (Å²) in [7, 11) is 0. The molecule has 0 fully saturated rings. The topological polar surface area (TPSA) is 38.7 Å². The molecule has 3 aromatic heterocycles. The second kappa shape index (κ2) is 13.8. The van der Waals surface area contributed by atoms with E-state index in [4.69, 9.17) is 15.0 Å². The van der Waals surface area contributed by atoms with Crippen molar-refractivity contribution in [3.63, 3.8) is 0 Å². The smallest absolute Gasteiger partial charge is 0.160 e. The van der Waals surface area contributed by atoms with Crippen LogP contribution in [0.15, 0.2) is 200 Å². The number of nitrogens with zero attached hydrogens (tertiary/aromatic N) is 3. The minimum atomic E-state index is 0.702. The lowest BCUT2D eigenvalue weighted by molar-refractivity contribution is 1.18. The molecule has 0 saturated heterocycles. The quantitative estimate of drug-likeness (QED) is 0.159. The molecule has 0 aliphatic carbocycles. The number of aromatic nitrogens is 3. The molecule has 11 aromatic rings. The fraction of sp³-hybridized carbons (Fsp3) is 0. The lowest BCUT2D eigenvalue weighted by Crippen LogP contribution is -1.96. The second-order valence-electron chi connectivity index (χ2n) is 14.4. The highest BCUT2D eigenvalue weighted by Gasteiger charge is 2.18. The third kappa shape index (κ3) is 6.04. The number of fused-ring (bicyclic) bond motifs is 6. The van der Waals surface area contributed by atoms with Gasteiger partial charge in [-0.1, -0.05) is 164 Å². The molecule has 3 heterocycles. The Morgan fingerprint density at radius 2 is 0.877 bits per heavy atom. The maximum atomic E-state index is 5.39. The number of thiophene rings is 1. The molecular weight excluding hydrogens is 711 g/mol. The van der Waals surface area contributed by atoms with Crippen LogP contribution in [0.2, 0.25) is 0 Å². The van der Waals surface area contributed by atoms with Crippen molar-refractivity contribution in [2.45, 2.75) is 0 Å². The maximum Gasteiger partial charge on any atom is 0.160 e. The van der Waals surface area contributed by atoms with E-state index in [2.05, 4.69) is 176 Å². The van der Waals surface area contributed by atoms with E-state index in [1.165, 1.54) is 41.9 Å². The summed E-state index contributed by atoms with van der Waals surface area (Å²) < 4.78 is 2.49. The van der Waals surface area contributed by atoms with Gasteiger partial charge in [0, 0.05) is 43.1 Å². The second-order valence-corrected chi connectivity index (χ2v) is 15.5. The first-order valence-corrected chi connectivity index (χ1v) is 20.0. The summed E-state index contributed by atoms with van der Waals surface area (Å²) in [5.41, 5.74) is 12.6. The minimum Gasteiger partial charge on any atom is -0.246 e. The number of hydrogen-bond donors (Lipinski definition) is 0. The highest BCUT2D eigenvalue weighted by Crippen LogP contribution is 2.44. The Morgan fingerprint density at radius 1 is 0.333 bits per heavy atom. The summed E-state index contributed by atoms with van der Waals surface area (Å²) in [5.74, 6) is 0.702. The van der Waals surface area contributed by atoms with Crippen LogP contribution >= 0.6 is 11.3 Å². The number of pyridine rings is 1. The molecule has 8 aromatic carbocycles. The Hall–Kier alpha value is -7.27. The normalized spacial score (nSPS) is 11.5. The van der Waals surface area contributed by atoms with Gasteiger partial charge in [0.2, 0.25) is 0 Å². The first kappa shape index (κ1) is 33.1. The third-order valence-electron chi connectivity index (χ3n) is 10.8. The molecule has 57 heavy (non-hydrogen) atoms. The van der Waals surface area contributed by atoms with Gasteiger partial charge in [-0.05, 0) is 69.4 Å². The first-order chi connectivity index (χ1) is 28.2. The molecule has 11 rings (SSSR count). The molecule has 0 unspecified atom stereocenters. The summed E-state index contributed by atoms with van der Waals surface area (Å²) >= 11 is 1.83. The van der Waals surface area contributed by atoms with Gasteiger partial charge in [0.1, 0.15) is 0 Å². The van der Waals surface area contributed by atoms with Crippen LogP contribution in [0.5, 0.6) is 0 Å². The molecule has 0 bridgehead atoms. The Bertz CT molecular complexity index is 3280. The minimum absolute atomic E-state index is 0.702. The Labute approximate surface area is 334 Å². The maximum absolute atomic E-state index is 5.39. The SMILES string of the molecule is c1ccc(-c2cccc(-c3cc(-c4ccc(-c5cccc(-c6nc7cc8ccccc8cc7c7c6sc6ccccc67)c5)cc4)nc(-c4ccccc4)n3)c2)cc1. The fourth-order valence-electron chi connectivity index (χ4n) is 8.00. The van der Waals surface area contributed by atoms with Gasteiger partial charge in [0.25, 0.3) is 0 Å². The van der Waals surface area contributed by atoms with Crippen molar-refractivity contribution < 1.29 is 0 Å². The van der Waals surface area contributed by atoms with Crippen LogP contribution in [0.1, 0.15) is 0 Å². The number of benzene rings is 8. The molecule has 0 atom stereocenters. The van der Waals surface area contributed by atoms with Gasteiger partial charge in [-0.25, -0.2) is 15.0 Å². The molecule has 0 spiro atoms. The summed E-state index contributed by atoms with van der Waals surface area (Å²) in [6.45, 7) is 0. The molecule has 0 amide bonds. The van der Waals surface area contributed by atoms with Crippen LogP contribution in [0.3, 0.4) is 0 Å². The fourth-order valence-corrected chi connectivity index (χ4v) is 9.22. The van der Waals surface area contributed by atoms with E-state index in [-0.39, 0.29) is 0 Å². The van der Waals surface area contributed by atoms with Crippen LogP contribution < -0.4 is 0 Å². The molecule has 4 heteroatoms. The zero-order valence-electron chi connectivity index (χ0n) is 30.8. The van der Waals surface area contributed by atoms with E-state index in [1.54, 1.807) is 0 Å². The van der Waals surface area contributed by atoms with Crippen molar-refractivity contribution in [2.24, 2.45) is 0 Å². The van der Waals surface area contributed by atoms with Gasteiger partial charge < -0.3 is 0 Å². The largest absolute Gasteiger partial charge is 0.246 e. The van der Waals surface area contributed by atoms with Crippen LogP contribution in [-0.2, 0) is 0 Å². The van der Waals surface area contributed by atoms with Crippen molar-refractivity contribution >= 4 is 53.2 Å². The summed E-state index contributed by atoms with van der Waals surface area (Å²) in [5, 5.41) is 6.18. The molecule has 0 saturated carbocycles. The predicted molar refractivity (Wildman–Crippen MR) is 240 cm³/mol. The number of hydrogen-bond acceptors (Lipinski definition) is 4. The molecule has 0 aliphatic heterocycles. The van der Waals surface area contributed by atoms with E-state index in [0.29, 0.717) is 5.82 Å². The van der Waals surface area contributed by atoms with E-state index >= 15 is 0 Å². The molecule has 3 nitrogen and oxygen atoms in total. The average molecular weight is 744 g/mol. The van der Waals surface area contributed by atoms with Crippen LogP contribution in [0, 0.1) is 0 Å². The lowest BCUT2D eigenvalue weighted by Gasteiger charge is -2.12. The molecule has 0 N–H and O–H groups in total. The van der Waals surface area contributed by atoms with E-state index in [9.17, 15) is 0 Å². The van der Waals surface area contributed by atoms with Gasteiger partial charge in [0.05, 0.1) is 27.3 Å². The van der Waals surface area contributed by atoms with Crippen LogP contribution in [0.4, 0.5) is 0 Å². The van der Waals surface area contributed by atoms with Crippen molar-refractivity contribution in [3.8, 4) is 67.4 Å². The molecule has 0 radical (unpaired) electrons.